The number of benzene rings is 1. The van der Waals surface area contributed by atoms with Crippen LogP contribution in [-0.4, -0.2) is 70.5 Å². The van der Waals surface area contributed by atoms with Crippen LogP contribution in [0, 0.1) is 5.92 Å². The Morgan fingerprint density at radius 2 is 1.41 bits per heavy atom. The summed E-state index contributed by atoms with van der Waals surface area (Å²) in [5.41, 5.74) is 17.2. The van der Waals surface area contributed by atoms with E-state index in [-0.39, 0.29) is 43.8 Å². The number of amides is 4. The Kier molecular flexibility index (Phi) is 14.5. The Bertz CT molecular complexity index is 970. The van der Waals surface area contributed by atoms with E-state index in [4.69, 9.17) is 17.2 Å². The van der Waals surface area contributed by atoms with Gasteiger partial charge in [-0.1, -0.05) is 26.0 Å². The molecule has 4 atom stereocenters. The summed E-state index contributed by atoms with van der Waals surface area (Å²) in [6, 6.07) is 1.50. The van der Waals surface area contributed by atoms with Crippen molar-refractivity contribution in [3.63, 3.8) is 0 Å². The summed E-state index contributed by atoms with van der Waals surface area (Å²) >= 11 is 0. The fourth-order valence-corrected chi connectivity index (χ4v) is 3.78. The molecule has 0 radical (unpaired) electrons. The predicted octanol–water partition coefficient (Wildman–Crippen LogP) is -0.758. The van der Waals surface area contributed by atoms with Crippen LogP contribution in [0.1, 0.15) is 57.9 Å². The maximum Gasteiger partial charge on any atom is 0.326 e. The molecule has 1 aromatic carbocycles. The lowest BCUT2D eigenvalue weighted by molar-refractivity contribution is -0.143. The number of primary amides is 1. The van der Waals surface area contributed by atoms with Crippen LogP contribution in [0.2, 0.25) is 0 Å². The number of aliphatic carboxylic acids is 1. The average Bonchev–Trinajstić information content (AvgIpc) is 2.86. The van der Waals surface area contributed by atoms with Crippen molar-refractivity contribution >= 4 is 29.6 Å². The van der Waals surface area contributed by atoms with E-state index >= 15 is 0 Å². The first-order valence-corrected chi connectivity index (χ1v) is 13.0. The number of carboxylic acids is 1. The smallest absolute Gasteiger partial charge is 0.326 e. The van der Waals surface area contributed by atoms with E-state index in [0.717, 1.165) is 0 Å². The molecule has 11 N–H and O–H groups in total. The number of nitrogens with one attached hydrogen (secondary N) is 3. The Hall–Kier alpha value is -3.71. The van der Waals surface area contributed by atoms with Crippen LogP contribution < -0.4 is 33.2 Å². The number of hydrogen-bond donors (Lipinski definition) is 8. The molecule has 13 nitrogen and oxygen atoms in total. The van der Waals surface area contributed by atoms with Crippen LogP contribution in [0.15, 0.2) is 24.3 Å². The molecular weight excluding hydrogens is 508 g/mol. The average molecular weight is 551 g/mol. The van der Waals surface area contributed by atoms with Gasteiger partial charge in [0.25, 0.3) is 0 Å². The first kappa shape index (κ1) is 33.3. The Morgan fingerprint density at radius 3 is 1.95 bits per heavy atom. The van der Waals surface area contributed by atoms with Crippen molar-refractivity contribution in [2.45, 2.75) is 83.0 Å². The van der Waals surface area contributed by atoms with Crippen LogP contribution in [-0.2, 0) is 30.4 Å². The van der Waals surface area contributed by atoms with Gasteiger partial charge in [0.15, 0.2) is 0 Å². The molecule has 218 valence electrons. The van der Waals surface area contributed by atoms with Gasteiger partial charge >= 0.3 is 5.97 Å². The summed E-state index contributed by atoms with van der Waals surface area (Å²) in [7, 11) is 0. The minimum Gasteiger partial charge on any atom is -0.508 e. The van der Waals surface area contributed by atoms with Crippen molar-refractivity contribution < 1.29 is 34.2 Å². The van der Waals surface area contributed by atoms with Crippen LogP contribution in [0.25, 0.3) is 0 Å². The number of unbranched alkanes of at least 4 members (excludes halogenated alkanes) is 1. The van der Waals surface area contributed by atoms with Gasteiger partial charge in [-0.15, -0.1) is 0 Å². The van der Waals surface area contributed by atoms with Crippen LogP contribution in [0.3, 0.4) is 0 Å². The zero-order valence-corrected chi connectivity index (χ0v) is 22.5. The maximum atomic E-state index is 13.4. The first-order valence-electron chi connectivity index (χ1n) is 13.0. The highest BCUT2D eigenvalue weighted by molar-refractivity contribution is 5.94. The summed E-state index contributed by atoms with van der Waals surface area (Å²) in [6.07, 6.45) is 1.33. The molecule has 0 fully saturated rings. The number of nitrogens with two attached hydrogens (primary N) is 3. The van der Waals surface area contributed by atoms with E-state index in [0.29, 0.717) is 24.9 Å². The fraction of sp³-hybridized carbons (Fsp3) is 0.577. The van der Waals surface area contributed by atoms with Gasteiger partial charge in [-0.2, -0.15) is 0 Å². The van der Waals surface area contributed by atoms with Gasteiger partial charge < -0.3 is 43.4 Å². The molecule has 0 aliphatic rings. The molecule has 0 aromatic heterocycles. The molecule has 4 amide bonds. The summed E-state index contributed by atoms with van der Waals surface area (Å²) in [5, 5.41) is 26.8. The number of phenols is 1. The number of rotatable bonds is 18. The second-order valence-corrected chi connectivity index (χ2v) is 9.92. The molecule has 1 aromatic rings. The van der Waals surface area contributed by atoms with E-state index in [1.54, 1.807) is 12.1 Å². The predicted molar refractivity (Wildman–Crippen MR) is 144 cm³/mol. The molecule has 0 aliphatic carbocycles. The molecule has 39 heavy (non-hydrogen) atoms. The zero-order chi connectivity index (χ0) is 29.5. The molecule has 0 saturated carbocycles. The fourth-order valence-electron chi connectivity index (χ4n) is 3.78. The molecule has 0 spiro atoms. The normalized spacial score (nSPS) is 14.1. The highest BCUT2D eigenvalue weighted by Crippen LogP contribution is 2.13. The zero-order valence-electron chi connectivity index (χ0n) is 22.5. The van der Waals surface area contributed by atoms with Gasteiger partial charge in [-0.25, -0.2) is 4.79 Å². The van der Waals surface area contributed by atoms with Crippen molar-refractivity contribution in [3.05, 3.63) is 29.8 Å². The van der Waals surface area contributed by atoms with Crippen LogP contribution in [0.5, 0.6) is 5.75 Å². The monoisotopic (exact) mass is 550 g/mol. The molecule has 13 heteroatoms. The van der Waals surface area contributed by atoms with Gasteiger partial charge in [0, 0.05) is 12.8 Å². The van der Waals surface area contributed by atoms with Crippen LogP contribution in [0.4, 0.5) is 0 Å². The molecule has 0 heterocycles. The molecule has 0 aliphatic heterocycles. The molecule has 1 rings (SSSR count). The summed E-state index contributed by atoms with van der Waals surface area (Å²) in [6.45, 7) is 4.02. The Labute approximate surface area is 228 Å². The van der Waals surface area contributed by atoms with Gasteiger partial charge in [0.2, 0.25) is 23.6 Å². The summed E-state index contributed by atoms with van der Waals surface area (Å²) in [4.78, 5) is 61.9. The number of carbonyl (C=O) groups excluding carboxylic acids is 4. The second kappa shape index (κ2) is 17.0. The highest BCUT2D eigenvalue weighted by Gasteiger charge is 2.30. The third-order valence-corrected chi connectivity index (χ3v) is 5.95. The minimum absolute atomic E-state index is 0.000330. The Morgan fingerprint density at radius 1 is 0.846 bits per heavy atom. The SMILES string of the molecule is CC(C)CC(NC(=O)C(CCCCN)NC(=O)C(Cc1ccc(O)cc1)NC(=O)C(N)CCC(N)=O)C(=O)O. The number of carboxylic acid groups (broad SMARTS) is 1. The number of aromatic hydroxyl groups is 1. The summed E-state index contributed by atoms with van der Waals surface area (Å²) in [5.74, 6) is -3.85. The molecule has 0 saturated heterocycles. The number of phenolic OH excluding ortho intramolecular Hbond substituents is 1. The van der Waals surface area contributed by atoms with Crippen molar-refractivity contribution in [3.8, 4) is 5.75 Å². The van der Waals surface area contributed by atoms with E-state index in [2.05, 4.69) is 16.0 Å². The summed E-state index contributed by atoms with van der Waals surface area (Å²) < 4.78 is 0. The van der Waals surface area contributed by atoms with Crippen molar-refractivity contribution in [1.29, 1.82) is 0 Å². The van der Waals surface area contributed by atoms with Crippen molar-refractivity contribution in [1.82, 2.24) is 16.0 Å². The topological polar surface area (TPSA) is 240 Å². The van der Waals surface area contributed by atoms with Gasteiger partial charge in [0.05, 0.1) is 6.04 Å². The van der Waals surface area contributed by atoms with E-state index < -0.39 is 53.8 Å². The third-order valence-electron chi connectivity index (χ3n) is 5.95. The Balaban J connectivity index is 3.13. The first-order chi connectivity index (χ1) is 18.3. The van der Waals surface area contributed by atoms with Gasteiger partial charge in [0.1, 0.15) is 23.9 Å². The van der Waals surface area contributed by atoms with E-state index in [1.165, 1.54) is 12.1 Å². The largest absolute Gasteiger partial charge is 0.508 e. The number of carbonyl (C=O) groups is 5. The van der Waals surface area contributed by atoms with Gasteiger partial charge in [-0.05, 0) is 62.3 Å². The standard InChI is InChI=1S/C26H42N6O7/c1-15(2)13-21(26(38)39)32-24(36)19(5-3-4-12-27)30-25(37)20(14-16-6-8-17(33)9-7-16)31-23(35)18(28)10-11-22(29)34/h6-9,15,18-21,33H,3-5,10-14,27-28H2,1-2H3,(H2,29,34)(H,30,37)(H,31,35)(H,32,36)(H,38,39). The highest BCUT2D eigenvalue weighted by atomic mass is 16.4. The lowest BCUT2D eigenvalue weighted by atomic mass is 10.0. The lowest BCUT2D eigenvalue weighted by Crippen LogP contribution is -2.57. The molecular formula is C26H42N6O7. The third kappa shape index (κ3) is 13.1. The van der Waals surface area contributed by atoms with Gasteiger partial charge in [-0.3, -0.25) is 19.2 Å². The lowest BCUT2D eigenvalue weighted by Gasteiger charge is -2.26. The molecule has 4 unspecified atom stereocenters. The molecule has 0 bridgehead atoms. The van der Waals surface area contributed by atoms with Crippen molar-refractivity contribution in [2.24, 2.45) is 23.1 Å². The van der Waals surface area contributed by atoms with Crippen LogP contribution >= 0.6 is 0 Å². The van der Waals surface area contributed by atoms with Crippen molar-refractivity contribution in [2.75, 3.05) is 6.54 Å². The van der Waals surface area contributed by atoms with E-state index in [9.17, 15) is 34.2 Å². The quantitative estimate of drug-likeness (QED) is 0.107. The second-order valence-electron chi connectivity index (χ2n) is 9.92. The maximum absolute atomic E-state index is 13.4. The number of hydrogen-bond acceptors (Lipinski definition) is 8. The minimum atomic E-state index is -1.19. The van der Waals surface area contributed by atoms with E-state index in [1.807, 2.05) is 13.8 Å².